The van der Waals surface area contributed by atoms with Crippen molar-refractivity contribution in [2.75, 3.05) is 0 Å². The third-order valence-electron chi connectivity index (χ3n) is 2.71. The number of aromatic hydroxyl groups is 2. The maximum atomic E-state index is 11.1. The van der Waals surface area contributed by atoms with Gasteiger partial charge in [-0.2, -0.15) is 0 Å². The molecular weight excluding hydrogens is 276 g/mol. The Morgan fingerprint density at radius 2 is 1.76 bits per heavy atom. The minimum atomic E-state index is -0.386. The molecule has 6 nitrogen and oxygen atoms in total. The van der Waals surface area contributed by atoms with Crippen LogP contribution in [-0.2, 0) is 6.42 Å². The Hall–Kier alpha value is -2.50. The molecule has 21 heavy (non-hydrogen) atoms. The van der Waals surface area contributed by atoms with Gasteiger partial charge < -0.3 is 19.0 Å². The minimum absolute atomic E-state index is 0.0818. The summed E-state index contributed by atoms with van der Waals surface area (Å²) in [5.74, 6) is 0.00884. The van der Waals surface area contributed by atoms with E-state index in [1.165, 1.54) is 12.3 Å². The molecule has 0 aromatic carbocycles. The molecule has 0 radical (unpaired) electrons. The Labute approximate surface area is 121 Å². The van der Waals surface area contributed by atoms with E-state index in [1.54, 1.807) is 0 Å². The van der Waals surface area contributed by atoms with Gasteiger partial charge in [0.15, 0.2) is 11.5 Å². The second-order valence-corrected chi connectivity index (χ2v) is 4.65. The highest BCUT2D eigenvalue weighted by atomic mass is 16.4. The molecule has 0 atom stereocenters. The molecule has 0 aliphatic heterocycles. The fourth-order valence-electron chi connectivity index (χ4n) is 1.45. The van der Waals surface area contributed by atoms with Gasteiger partial charge in [0.1, 0.15) is 18.3 Å². The molecule has 2 aromatic rings. The van der Waals surface area contributed by atoms with Gasteiger partial charge in [-0.15, -0.1) is 0 Å². The van der Waals surface area contributed by atoms with Gasteiger partial charge >= 0.3 is 0 Å². The molecule has 114 valence electrons. The van der Waals surface area contributed by atoms with Gasteiger partial charge in [0.25, 0.3) is 0 Å². The molecule has 0 spiro atoms. The van der Waals surface area contributed by atoms with Crippen molar-refractivity contribution in [3.8, 4) is 11.5 Å². The van der Waals surface area contributed by atoms with E-state index in [0.717, 1.165) is 12.5 Å². The molecule has 0 fully saturated rings. The topological polar surface area (TPSA) is 101 Å². The summed E-state index contributed by atoms with van der Waals surface area (Å²) in [6.45, 7) is 5.60. The first kappa shape index (κ1) is 16.6. The van der Waals surface area contributed by atoms with Gasteiger partial charge in [-0.3, -0.25) is 9.59 Å². The standard InChI is InChI=1S/C8H10O3.C7H8O3/c1-5(2)6-3-11-4-7(9)8(6)10;1-2-5-3-6(8)7(9)4-10-5/h3-5,9H,1-2H3;3-4,9H,2H2,1H3. The molecule has 0 bridgehead atoms. The predicted octanol–water partition coefficient (Wildman–Crippen LogP) is 2.38. The summed E-state index contributed by atoms with van der Waals surface area (Å²) in [5, 5.41) is 17.7. The Kier molecular flexibility index (Phi) is 5.78. The lowest BCUT2D eigenvalue weighted by molar-refractivity contribution is 0.415. The monoisotopic (exact) mass is 294 g/mol. The Morgan fingerprint density at radius 1 is 1.10 bits per heavy atom. The average Bonchev–Trinajstić information content (AvgIpc) is 2.45. The molecular formula is C15H18O6. The van der Waals surface area contributed by atoms with Gasteiger partial charge in [0.05, 0.1) is 6.26 Å². The van der Waals surface area contributed by atoms with Crippen LogP contribution in [0.25, 0.3) is 0 Å². The molecule has 0 amide bonds. The highest BCUT2D eigenvalue weighted by Gasteiger charge is 2.07. The van der Waals surface area contributed by atoms with Crippen molar-refractivity contribution in [1.29, 1.82) is 0 Å². The summed E-state index contributed by atoms with van der Waals surface area (Å²) in [7, 11) is 0. The van der Waals surface area contributed by atoms with E-state index in [9.17, 15) is 9.59 Å². The van der Waals surface area contributed by atoms with Gasteiger partial charge in [0.2, 0.25) is 10.9 Å². The first-order chi connectivity index (χ1) is 9.86. The van der Waals surface area contributed by atoms with E-state index < -0.39 is 0 Å². The zero-order chi connectivity index (χ0) is 16.0. The van der Waals surface area contributed by atoms with Gasteiger partial charge in [-0.1, -0.05) is 20.8 Å². The van der Waals surface area contributed by atoms with Crippen molar-refractivity contribution in [1.82, 2.24) is 0 Å². The van der Waals surface area contributed by atoms with Crippen LogP contribution in [-0.4, -0.2) is 10.2 Å². The number of aryl methyl sites for hydroxylation is 1. The number of hydrogen-bond acceptors (Lipinski definition) is 6. The van der Waals surface area contributed by atoms with Crippen molar-refractivity contribution < 1.29 is 19.0 Å². The zero-order valence-corrected chi connectivity index (χ0v) is 12.1. The van der Waals surface area contributed by atoms with Crippen molar-refractivity contribution in [3.63, 3.8) is 0 Å². The van der Waals surface area contributed by atoms with E-state index in [-0.39, 0.29) is 28.3 Å². The highest BCUT2D eigenvalue weighted by Crippen LogP contribution is 2.11. The van der Waals surface area contributed by atoms with E-state index in [1.807, 2.05) is 20.8 Å². The van der Waals surface area contributed by atoms with E-state index in [0.29, 0.717) is 17.7 Å². The largest absolute Gasteiger partial charge is 0.502 e. The van der Waals surface area contributed by atoms with Crippen LogP contribution in [0.4, 0.5) is 0 Å². The fraction of sp³-hybridized carbons (Fsp3) is 0.333. The number of hydrogen-bond donors (Lipinski definition) is 2. The van der Waals surface area contributed by atoms with Crippen molar-refractivity contribution in [3.05, 3.63) is 56.6 Å². The lowest BCUT2D eigenvalue weighted by Gasteiger charge is -2.01. The van der Waals surface area contributed by atoms with Crippen LogP contribution in [0.3, 0.4) is 0 Å². The van der Waals surface area contributed by atoms with Crippen LogP contribution >= 0.6 is 0 Å². The van der Waals surface area contributed by atoms with Crippen LogP contribution in [0.15, 0.2) is 43.3 Å². The van der Waals surface area contributed by atoms with Crippen LogP contribution < -0.4 is 10.9 Å². The van der Waals surface area contributed by atoms with Crippen LogP contribution in [0.2, 0.25) is 0 Å². The van der Waals surface area contributed by atoms with Gasteiger partial charge in [-0.05, 0) is 5.92 Å². The van der Waals surface area contributed by atoms with E-state index in [2.05, 4.69) is 0 Å². The third kappa shape index (κ3) is 4.52. The van der Waals surface area contributed by atoms with Crippen molar-refractivity contribution in [2.45, 2.75) is 33.1 Å². The molecule has 2 heterocycles. The first-order valence-corrected chi connectivity index (χ1v) is 6.46. The SMILES string of the molecule is CC(C)c1cocc(O)c1=O.CCc1cc(=O)c(O)co1. The molecule has 0 unspecified atom stereocenters. The third-order valence-corrected chi connectivity index (χ3v) is 2.71. The van der Waals surface area contributed by atoms with Crippen LogP contribution in [0.5, 0.6) is 11.5 Å². The Bertz CT molecular complexity index is 696. The summed E-state index contributed by atoms with van der Waals surface area (Å²) in [5.41, 5.74) is -0.223. The molecule has 2 aromatic heterocycles. The fourth-order valence-corrected chi connectivity index (χ4v) is 1.45. The summed E-state index contributed by atoms with van der Waals surface area (Å²) < 4.78 is 9.57. The van der Waals surface area contributed by atoms with E-state index in [4.69, 9.17) is 19.0 Å². The lowest BCUT2D eigenvalue weighted by Crippen LogP contribution is -2.08. The summed E-state index contributed by atoms with van der Waals surface area (Å²) in [6, 6.07) is 1.29. The highest BCUT2D eigenvalue weighted by molar-refractivity contribution is 5.22. The van der Waals surface area contributed by atoms with Gasteiger partial charge in [0, 0.05) is 18.1 Å². The molecule has 0 saturated carbocycles. The smallest absolute Gasteiger partial charge is 0.229 e. The molecule has 0 aliphatic carbocycles. The summed E-state index contributed by atoms with van der Waals surface area (Å²) in [6.07, 6.45) is 4.12. The van der Waals surface area contributed by atoms with Crippen LogP contribution in [0, 0.1) is 0 Å². The minimum Gasteiger partial charge on any atom is -0.502 e. The van der Waals surface area contributed by atoms with Crippen molar-refractivity contribution >= 4 is 0 Å². The normalized spacial score (nSPS) is 10.1. The lowest BCUT2D eigenvalue weighted by atomic mass is 10.1. The quantitative estimate of drug-likeness (QED) is 0.881. The second kappa shape index (κ2) is 7.33. The number of rotatable bonds is 2. The molecule has 0 aliphatic rings. The average molecular weight is 294 g/mol. The van der Waals surface area contributed by atoms with Crippen molar-refractivity contribution in [2.24, 2.45) is 0 Å². The van der Waals surface area contributed by atoms with Crippen LogP contribution in [0.1, 0.15) is 38.0 Å². The molecule has 2 rings (SSSR count). The summed E-state index contributed by atoms with van der Waals surface area (Å²) >= 11 is 0. The summed E-state index contributed by atoms with van der Waals surface area (Å²) in [4.78, 5) is 21.8. The molecule has 6 heteroatoms. The Morgan fingerprint density at radius 3 is 2.24 bits per heavy atom. The predicted molar refractivity (Wildman–Crippen MR) is 76.8 cm³/mol. The van der Waals surface area contributed by atoms with Gasteiger partial charge in [-0.25, -0.2) is 0 Å². The second-order valence-electron chi connectivity index (χ2n) is 4.65. The molecule has 2 N–H and O–H groups in total. The first-order valence-electron chi connectivity index (χ1n) is 6.46. The maximum absolute atomic E-state index is 11.1. The maximum Gasteiger partial charge on any atom is 0.229 e. The molecule has 0 saturated heterocycles. The zero-order valence-electron chi connectivity index (χ0n) is 12.1. The Balaban J connectivity index is 0.000000211. The van der Waals surface area contributed by atoms with E-state index >= 15 is 0 Å².